The summed E-state index contributed by atoms with van der Waals surface area (Å²) in [5.74, 6) is 0. The molecule has 176 valence electrons. The lowest BCUT2D eigenvalue weighted by atomic mass is 10.1. The summed E-state index contributed by atoms with van der Waals surface area (Å²) >= 11 is 0. The fourth-order valence-electron chi connectivity index (χ4n) is 5.84. The van der Waals surface area contributed by atoms with Gasteiger partial charge in [-0.2, -0.15) is 0 Å². The number of nitrogens with zero attached hydrogens (tertiary/aromatic N) is 4. The summed E-state index contributed by atoms with van der Waals surface area (Å²) in [6.45, 7) is 10.6. The van der Waals surface area contributed by atoms with Crippen LogP contribution in [0.5, 0.6) is 0 Å². The smallest absolute Gasteiger partial charge is 0.0707 e. The largest absolute Gasteiger partial charge is 0.339 e. The van der Waals surface area contributed by atoms with Crippen molar-refractivity contribution in [1.82, 2.24) is 19.1 Å². The van der Waals surface area contributed by atoms with Crippen molar-refractivity contribution in [2.75, 3.05) is 0 Å². The molecule has 0 atom stereocenters. The van der Waals surface area contributed by atoms with Crippen molar-refractivity contribution in [2.45, 2.75) is 60.0 Å². The highest BCUT2D eigenvalue weighted by atomic mass is 15.0. The average Bonchev–Trinajstić information content (AvgIpc) is 3.32. The van der Waals surface area contributed by atoms with Crippen LogP contribution < -0.4 is 0 Å². The summed E-state index contributed by atoms with van der Waals surface area (Å²) < 4.78 is 5.00. The van der Waals surface area contributed by atoms with Crippen LogP contribution in [-0.2, 0) is 13.1 Å². The van der Waals surface area contributed by atoms with Gasteiger partial charge >= 0.3 is 0 Å². The van der Waals surface area contributed by atoms with Crippen molar-refractivity contribution in [3.05, 3.63) is 83.4 Å². The molecule has 4 aromatic heterocycles. The van der Waals surface area contributed by atoms with E-state index in [1.165, 1.54) is 61.2 Å². The molecule has 2 aromatic carbocycles. The number of pyridine rings is 2. The van der Waals surface area contributed by atoms with Gasteiger partial charge in [-0.25, -0.2) is 0 Å². The van der Waals surface area contributed by atoms with Crippen LogP contribution in [0.3, 0.4) is 0 Å². The highest BCUT2D eigenvalue weighted by Gasteiger charge is 2.15. The lowest BCUT2D eigenvalue weighted by molar-refractivity contribution is 0.569. The number of aryl methyl sites for hydroxylation is 6. The van der Waals surface area contributed by atoms with Gasteiger partial charge in [0.05, 0.1) is 22.4 Å². The SMILES string of the molecule is Cc1ccc2c3ccnc(C)c3n(CCCCCn3c4cc(C)ccc4c4ccnc(C)c43)c2c1. The molecule has 0 unspecified atom stereocenters. The van der Waals surface area contributed by atoms with E-state index in [4.69, 9.17) is 0 Å². The predicted octanol–water partition coefficient (Wildman–Crippen LogP) is 7.80. The first-order chi connectivity index (χ1) is 17.0. The highest BCUT2D eigenvalue weighted by Crippen LogP contribution is 2.33. The zero-order chi connectivity index (χ0) is 24.1. The number of unbranched alkanes of at least 4 members (excludes halogenated alkanes) is 2. The summed E-state index contributed by atoms with van der Waals surface area (Å²) in [4.78, 5) is 9.21. The van der Waals surface area contributed by atoms with Crippen LogP contribution in [0.4, 0.5) is 0 Å². The molecule has 6 rings (SSSR count). The van der Waals surface area contributed by atoms with E-state index in [-0.39, 0.29) is 0 Å². The molecule has 0 radical (unpaired) electrons. The molecule has 0 saturated carbocycles. The van der Waals surface area contributed by atoms with Gasteiger partial charge in [-0.15, -0.1) is 0 Å². The lowest BCUT2D eigenvalue weighted by Crippen LogP contribution is -2.02. The predicted molar refractivity (Wildman–Crippen MR) is 147 cm³/mol. The second-order valence-electron chi connectivity index (χ2n) is 9.99. The normalized spacial score (nSPS) is 12.0. The van der Waals surface area contributed by atoms with Gasteiger partial charge in [0.2, 0.25) is 0 Å². The minimum Gasteiger partial charge on any atom is -0.339 e. The Bertz CT molecular complexity index is 1590. The molecule has 4 nitrogen and oxygen atoms in total. The van der Waals surface area contributed by atoms with Crippen molar-refractivity contribution >= 4 is 43.6 Å². The third-order valence-electron chi connectivity index (χ3n) is 7.49. The van der Waals surface area contributed by atoms with E-state index in [0.717, 1.165) is 37.3 Å². The molecule has 0 aliphatic heterocycles. The van der Waals surface area contributed by atoms with Crippen molar-refractivity contribution in [3.8, 4) is 0 Å². The van der Waals surface area contributed by atoms with E-state index in [1.54, 1.807) is 0 Å². The Labute approximate surface area is 206 Å². The molecule has 6 aromatic rings. The Hall–Kier alpha value is -3.66. The van der Waals surface area contributed by atoms with Crippen LogP contribution in [0.2, 0.25) is 0 Å². The fourth-order valence-corrected chi connectivity index (χ4v) is 5.84. The summed E-state index contributed by atoms with van der Waals surface area (Å²) in [6.07, 6.45) is 7.35. The van der Waals surface area contributed by atoms with Crippen LogP contribution in [0.15, 0.2) is 60.9 Å². The third-order valence-corrected chi connectivity index (χ3v) is 7.49. The second kappa shape index (κ2) is 8.53. The van der Waals surface area contributed by atoms with Gasteiger partial charge in [0.25, 0.3) is 0 Å². The summed E-state index contributed by atoms with van der Waals surface area (Å²) in [7, 11) is 0. The van der Waals surface area contributed by atoms with Gasteiger partial charge in [-0.05, 0) is 82.3 Å². The van der Waals surface area contributed by atoms with Crippen LogP contribution in [-0.4, -0.2) is 19.1 Å². The Morgan fingerprint density at radius 3 is 1.46 bits per heavy atom. The van der Waals surface area contributed by atoms with Gasteiger partial charge in [0.15, 0.2) is 0 Å². The van der Waals surface area contributed by atoms with E-state index in [1.807, 2.05) is 12.4 Å². The van der Waals surface area contributed by atoms with Gasteiger partial charge in [0.1, 0.15) is 0 Å². The second-order valence-corrected chi connectivity index (χ2v) is 9.99. The highest BCUT2D eigenvalue weighted by molar-refractivity contribution is 6.09. The van der Waals surface area contributed by atoms with Crippen molar-refractivity contribution in [3.63, 3.8) is 0 Å². The lowest BCUT2D eigenvalue weighted by Gasteiger charge is -2.11. The number of benzene rings is 2. The van der Waals surface area contributed by atoms with Crippen LogP contribution in [0, 0.1) is 27.7 Å². The first-order valence-corrected chi connectivity index (χ1v) is 12.7. The molecule has 0 bridgehead atoms. The first-order valence-electron chi connectivity index (χ1n) is 12.7. The molecular formula is C31H32N4. The maximum Gasteiger partial charge on any atom is 0.0707 e. The summed E-state index contributed by atoms with van der Waals surface area (Å²) in [6, 6.07) is 17.9. The first kappa shape index (κ1) is 21.8. The number of rotatable bonds is 6. The van der Waals surface area contributed by atoms with Gasteiger partial charge in [-0.3, -0.25) is 9.97 Å². The molecule has 0 amide bonds. The number of fused-ring (bicyclic) bond motifs is 6. The van der Waals surface area contributed by atoms with Crippen LogP contribution >= 0.6 is 0 Å². The molecule has 0 spiro atoms. The summed E-state index contributed by atoms with van der Waals surface area (Å²) in [5, 5.41) is 5.30. The minimum absolute atomic E-state index is 1.02. The zero-order valence-corrected chi connectivity index (χ0v) is 21.1. The van der Waals surface area contributed by atoms with Crippen molar-refractivity contribution in [1.29, 1.82) is 0 Å². The quantitative estimate of drug-likeness (QED) is 0.238. The van der Waals surface area contributed by atoms with Crippen LogP contribution in [0.1, 0.15) is 41.8 Å². The summed E-state index contributed by atoms with van der Waals surface area (Å²) in [5.41, 5.74) is 10.1. The number of hydrogen-bond acceptors (Lipinski definition) is 2. The molecule has 35 heavy (non-hydrogen) atoms. The molecule has 0 saturated heterocycles. The fraction of sp³-hybridized carbons (Fsp3) is 0.290. The maximum absolute atomic E-state index is 4.61. The number of hydrogen-bond donors (Lipinski definition) is 0. The van der Waals surface area contributed by atoms with Gasteiger partial charge in [0, 0.05) is 58.1 Å². The Morgan fingerprint density at radius 1 is 0.543 bits per heavy atom. The Kier molecular flexibility index (Phi) is 5.32. The molecule has 0 aliphatic rings. The molecule has 4 heterocycles. The van der Waals surface area contributed by atoms with Crippen molar-refractivity contribution < 1.29 is 0 Å². The van der Waals surface area contributed by atoms with E-state index in [2.05, 4.69) is 95.3 Å². The molecule has 0 N–H and O–H groups in total. The third kappa shape index (κ3) is 3.59. The standard InChI is InChI=1S/C31H32N4/c1-20-8-10-24-26-12-14-32-22(3)30(26)34(28(24)18-20)16-6-5-7-17-35-29-19-21(2)9-11-25(29)27-13-15-33-23(4)31(27)35/h8-15,18-19H,5-7,16-17H2,1-4H3. The van der Waals surface area contributed by atoms with Crippen LogP contribution in [0.25, 0.3) is 43.6 Å². The average molecular weight is 461 g/mol. The van der Waals surface area contributed by atoms with Gasteiger partial charge in [-0.1, -0.05) is 24.3 Å². The van der Waals surface area contributed by atoms with E-state index >= 15 is 0 Å². The zero-order valence-electron chi connectivity index (χ0n) is 21.1. The Balaban J connectivity index is 1.26. The van der Waals surface area contributed by atoms with E-state index in [0.29, 0.717) is 0 Å². The van der Waals surface area contributed by atoms with Crippen molar-refractivity contribution in [2.24, 2.45) is 0 Å². The van der Waals surface area contributed by atoms with Gasteiger partial charge < -0.3 is 9.13 Å². The molecular weight excluding hydrogens is 428 g/mol. The van der Waals surface area contributed by atoms with E-state index < -0.39 is 0 Å². The topological polar surface area (TPSA) is 35.6 Å². The maximum atomic E-state index is 4.61. The number of aromatic nitrogens is 4. The monoisotopic (exact) mass is 460 g/mol. The molecule has 0 fully saturated rings. The molecule has 0 aliphatic carbocycles. The minimum atomic E-state index is 1.02. The van der Waals surface area contributed by atoms with E-state index in [9.17, 15) is 0 Å². The Morgan fingerprint density at radius 2 is 1.00 bits per heavy atom. The molecule has 4 heteroatoms.